The summed E-state index contributed by atoms with van der Waals surface area (Å²) < 4.78 is 11.0. The van der Waals surface area contributed by atoms with Crippen LogP contribution in [0, 0.1) is 5.92 Å². The molecule has 29 heavy (non-hydrogen) atoms. The second kappa shape index (κ2) is 9.09. The minimum Gasteiger partial charge on any atom is -0.507 e. The van der Waals surface area contributed by atoms with E-state index in [1.165, 1.54) is 29.2 Å². The average molecular weight is 399 g/mol. The first-order valence-corrected chi connectivity index (χ1v) is 9.17. The highest BCUT2D eigenvalue weighted by Gasteiger charge is 2.26. The van der Waals surface area contributed by atoms with Crippen molar-refractivity contribution in [2.75, 3.05) is 19.7 Å². The normalized spacial score (nSPS) is 16.1. The molecule has 1 fully saturated rings. The number of carbonyl (C=O) groups excluding carboxylic acids is 3. The van der Waals surface area contributed by atoms with Gasteiger partial charge in [0.25, 0.3) is 0 Å². The molecule has 2 N–H and O–H groups in total. The van der Waals surface area contributed by atoms with Crippen LogP contribution < -0.4 is 9.47 Å². The first-order chi connectivity index (χ1) is 14.0. The third-order valence-electron chi connectivity index (χ3n) is 4.77. The molecule has 8 nitrogen and oxygen atoms in total. The van der Waals surface area contributed by atoms with E-state index in [9.17, 15) is 24.6 Å². The lowest BCUT2D eigenvalue weighted by atomic mass is 9.99. The average Bonchev–Trinajstić information content (AvgIpc) is 2.72. The van der Waals surface area contributed by atoms with Gasteiger partial charge in [-0.15, -0.1) is 0 Å². The van der Waals surface area contributed by atoms with Crippen LogP contribution in [0.4, 0.5) is 4.79 Å². The number of hydrogen-bond acceptors (Lipinski definition) is 7. The molecule has 0 radical (unpaired) electrons. The minimum absolute atomic E-state index is 0.00115. The molecule has 1 heterocycles. The molecule has 2 aromatic rings. The number of ether oxygens (including phenoxy) is 2. The van der Waals surface area contributed by atoms with E-state index in [1.807, 2.05) is 0 Å². The highest BCUT2D eigenvalue weighted by Crippen LogP contribution is 2.28. The number of amides is 1. The zero-order chi connectivity index (χ0) is 20.8. The van der Waals surface area contributed by atoms with Crippen LogP contribution in [0.1, 0.15) is 33.6 Å². The Hall–Kier alpha value is -3.55. The Kier molecular flexibility index (Phi) is 6.33. The van der Waals surface area contributed by atoms with Crippen molar-refractivity contribution < 1.29 is 34.1 Å². The Labute approximate surface area is 167 Å². The summed E-state index contributed by atoms with van der Waals surface area (Å²) in [6, 6.07) is 8.85. The van der Waals surface area contributed by atoms with Gasteiger partial charge in [-0.3, -0.25) is 9.59 Å². The van der Waals surface area contributed by atoms with Crippen LogP contribution in [-0.2, 0) is 0 Å². The molecule has 152 valence electrons. The lowest BCUT2D eigenvalue weighted by Gasteiger charge is -2.32. The van der Waals surface area contributed by atoms with Gasteiger partial charge in [-0.2, -0.15) is 0 Å². The Morgan fingerprint density at radius 2 is 1.66 bits per heavy atom. The van der Waals surface area contributed by atoms with Crippen LogP contribution in [0.3, 0.4) is 0 Å². The Morgan fingerprint density at radius 3 is 2.31 bits per heavy atom. The molecule has 3 rings (SSSR count). The maximum absolute atomic E-state index is 12.5. The van der Waals surface area contributed by atoms with Crippen molar-refractivity contribution >= 4 is 18.7 Å². The SMILES string of the molecule is O=Cc1c(O)cccc1OC[C@@H]1CCCN(C(=O)Oc2cccc(O)c2C=O)C1. The van der Waals surface area contributed by atoms with Crippen molar-refractivity contribution in [2.24, 2.45) is 5.92 Å². The number of carbonyl (C=O) groups is 3. The van der Waals surface area contributed by atoms with E-state index >= 15 is 0 Å². The summed E-state index contributed by atoms with van der Waals surface area (Å²) >= 11 is 0. The van der Waals surface area contributed by atoms with Gasteiger partial charge in [-0.05, 0) is 37.1 Å². The highest BCUT2D eigenvalue weighted by atomic mass is 16.6. The predicted molar refractivity (Wildman–Crippen MR) is 103 cm³/mol. The van der Waals surface area contributed by atoms with Gasteiger partial charge in [-0.25, -0.2) is 4.79 Å². The van der Waals surface area contributed by atoms with E-state index in [0.29, 0.717) is 25.7 Å². The lowest BCUT2D eigenvalue weighted by Crippen LogP contribution is -2.43. The fourth-order valence-electron chi connectivity index (χ4n) is 3.25. The third kappa shape index (κ3) is 4.66. The summed E-state index contributed by atoms with van der Waals surface area (Å²) in [5, 5.41) is 19.4. The van der Waals surface area contributed by atoms with E-state index in [2.05, 4.69) is 0 Å². The maximum atomic E-state index is 12.5. The van der Waals surface area contributed by atoms with Gasteiger partial charge >= 0.3 is 6.09 Å². The molecule has 1 atom stereocenters. The van der Waals surface area contributed by atoms with Crippen LogP contribution in [0.15, 0.2) is 36.4 Å². The highest BCUT2D eigenvalue weighted by molar-refractivity contribution is 5.85. The molecule has 0 spiro atoms. The van der Waals surface area contributed by atoms with Crippen molar-refractivity contribution in [1.29, 1.82) is 0 Å². The first-order valence-electron chi connectivity index (χ1n) is 9.17. The van der Waals surface area contributed by atoms with Gasteiger partial charge < -0.3 is 24.6 Å². The minimum atomic E-state index is -0.616. The van der Waals surface area contributed by atoms with Crippen molar-refractivity contribution in [1.82, 2.24) is 4.90 Å². The Balaban J connectivity index is 1.61. The van der Waals surface area contributed by atoms with Gasteiger partial charge in [0.2, 0.25) is 0 Å². The number of phenols is 2. The van der Waals surface area contributed by atoms with Crippen molar-refractivity contribution in [3.8, 4) is 23.0 Å². The van der Waals surface area contributed by atoms with Crippen molar-refractivity contribution in [3.05, 3.63) is 47.5 Å². The molecule has 1 aliphatic rings. The lowest BCUT2D eigenvalue weighted by molar-refractivity contribution is 0.107. The number of piperidine rings is 1. The van der Waals surface area contributed by atoms with Crippen LogP contribution in [0.5, 0.6) is 23.0 Å². The van der Waals surface area contributed by atoms with Crippen LogP contribution in [0.2, 0.25) is 0 Å². The van der Waals surface area contributed by atoms with Crippen molar-refractivity contribution in [3.63, 3.8) is 0 Å². The standard InChI is InChI=1S/C21H21NO7/c23-11-15-17(25)5-1-7-19(15)28-13-14-4-3-9-22(10-14)21(27)29-20-8-2-6-18(26)16(20)12-24/h1-2,5-8,11-12,14,25-26H,3-4,9-10,13H2/t14-/m1/s1. The smallest absolute Gasteiger partial charge is 0.415 e. The van der Waals surface area contributed by atoms with E-state index < -0.39 is 6.09 Å². The molecule has 8 heteroatoms. The zero-order valence-corrected chi connectivity index (χ0v) is 15.6. The number of aldehydes is 2. The Bertz CT molecular complexity index is 912. The topological polar surface area (TPSA) is 113 Å². The largest absolute Gasteiger partial charge is 0.507 e. The first kappa shape index (κ1) is 20.2. The van der Waals surface area contributed by atoms with Crippen molar-refractivity contribution in [2.45, 2.75) is 12.8 Å². The Morgan fingerprint density at radius 1 is 1.03 bits per heavy atom. The van der Waals surface area contributed by atoms with Gasteiger partial charge in [0.15, 0.2) is 12.6 Å². The van der Waals surface area contributed by atoms with Gasteiger partial charge in [0.05, 0.1) is 17.7 Å². The fourth-order valence-corrected chi connectivity index (χ4v) is 3.25. The molecule has 0 aliphatic carbocycles. The second-order valence-electron chi connectivity index (χ2n) is 6.75. The van der Waals surface area contributed by atoms with E-state index in [-0.39, 0.29) is 46.6 Å². The zero-order valence-electron chi connectivity index (χ0n) is 15.6. The maximum Gasteiger partial charge on any atom is 0.415 e. The summed E-state index contributed by atoms with van der Waals surface area (Å²) in [5.74, 6) is -0.113. The van der Waals surface area contributed by atoms with E-state index in [0.717, 1.165) is 12.8 Å². The quantitative estimate of drug-likeness (QED) is 0.718. The molecule has 1 aliphatic heterocycles. The molecule has 0 aromatic heterocycles. The van der Waals surface area contributed by atoms with Gasteiger partial charge in [-0.1, -0.05) is 12.1 Å². The molecule has 1 amide bonds. The van der Waals surface area contributed by atoms with Crippen LogP contribution in [0.25, 0.3) is 0 Å². The number of nitrogens with zero attached hydrogens (tertiary/aromatic N) is 1. The number of rotatable bonds is 6. The number of hydrogen-bond donors (Lipinski definition) is 2. The number of phenolic OH excluding ortho intramolecular Hbond substituents is 2. The predicted octanol–water partition coefficient (Wildman–Crippen LogP) is 3.01. The van der Waals surface area contributed by atoms with Gasteiger partial charge in [0, 0.05) is 19.0 Å². The summed E-state index contributed by atoms with van der Waals surface area (Å²) in [4.78, 5) is 36.3. The third-order valence-corrected chi connectivity index (χ3v) is 4.77. The van der Waals surface area contributed by atoms with E-state index in [4.69, 9.17) is 9.47 Å². The number of likely N-dealkylation sites (tertiary alicyclic amines) is 1. The molecular formula is C21H21NO7. The molecule has 0 unspecified atom stereocenters. The summed E-state index contributed by atoms with van der Waals surface area (Å²) in [5.41, 5.74) is 0.00729. The summed E-state index contributed by atoms with van der Waals surface area (Å²) in [7, 11) is 0. The fraction of sp³-hybridized carbons (Fsp3) is 0.286. The van der Waals surface area contributed by atoms with Gasteiger partial charge in [0.1, 0.15) is 23.0 Å². The van der Waals surface area contributed by atoms with Crippen LogP contribution >= 0.6 is 0 Å². The summed E-state index contributed by atoms with van der Waals surface area (Å²) in [6.07, 6.45) is 1.92. The molecule has 1 saturated heterocycles. The van der Waals surface area contributed by atoms with Crippen LogP contribution in [-0.4, -0.2) is 53.5 Å². The number of benzene rings is 2. The molecular weight excluding hydrogens is 378 g/mol. The molecule has 2 aromatic carbocycles. The van der Waals surface area contributed by atoms with E-state index in [1.54, 1.807) is 12.1 Å². The monoisotopic (exact) mass is 399 g/mol. The molecule has 0 bridgehead atoms. The summed E-state index contributed by atoms with van der Waals surface area (Å²) in [6.45, 7) is 1.14. The number of aromatic hydroxyl groups is 2. The molecule has 0 saturated carbocycles. The second-order valence-corrected chi connectivity index (χ2v) is 6.75.